The smallest absolute Gasteiger partial charge is 0.229 e. The highest BCUT2D eigenvalue weighted by atomic mass is 32.2. The highest BCUT2D eigenvalue weighted by Crippen LogP contribution is 2.22. The minimum atomic E-state index is -3.36. The Morgan fingerprint density at radius 2 is 1.96 bits per heavy atom. The van der Waals surface area contributed by atoms with E-state index in [0.717, 1.165) is 6.26 Å². The second-order valence-electron chi connectivity index (χ2n) is 5.72. The number of nitrogens with one attached hydrogen (secondary N) is 1. The van der Waals surface area contributed by atoms with Crippen LogP contribution in [0.1, 0.15) is 10.4 Å². The molecular formula is C18H16FN3O3S2. The molecule has 140 valence electrons. The molecule has 1 aromatic heterocycles. The first-order valence-corrected chi connectivity index (χ1v) is 10.7. The molecule has 2 aromatic carbocycles. The highest BCUT2D eigenvalue weighted by Gasteiger charge is 2.12. The number of benzene rings is 2. The molecule has 0 amide bonds. The monoisotopic (exact) mass is 405 g/mol. The van der Waals surface area contributed by atoms with Crippen LogP contribution in [-0.4, -0.2) is 35.8 Å². The van der Waals surface area contributed by atoms with Crippen molar-refractivity contribution in [2.24, 2.45) is 0 Å². The number of halogens is 1. The highest BCUT2D eigenvalue weighted by molar-refractivity contribution is 7.99. The summed E-state index contributed by atoms with van der Waals surface area (Å²) in [5.74, 6) is -0.332. The number of carbonyl (C=O) groups excluding carboxylic acids is 1. The minimum Gasteiger partial charge on any atom is -0.295 e. The maximum Gasteiger partial charge on any atom is 0.229 e. The minimum absolute atomic E-state index is 0.125. The van der Waals surface area contributed by atoms with Gasteiger partial charge in [-0.15, -0.1) is 0 Å². The molecule has 0 aliphatic carbocycles. The number of aromatic nitrogens is 2. The van der Waals surface area contributed by atoms with Crippen molar-refractivity contribution in [1.29, 1.82) is 0 Å². The summed E-state index contributed by atoms with van der Waals surface area (Å²) in [5.41, 5.74) is 1.48. The fraction of sp³-hybridized carbons (Fsp3) is 0.111. The van der Waals surface area contributed by atoms with Crippen molar-refractivity contribution in [3.8, 4) is 5.69 Å². The molecule has 9 heteroatoms. The zero-order valence-electron chi connectivity index (χ0n) is 14.3. The number of nitrogens with zero attached hydrogens (tertiary/aromatic N) is 2. The van der Waals surface area contributed by atoms with Gasteiger partial charge >= 0.3 is 0 Å². The topological polar surface area (TPSA) is 81.1 Å². The van der Waals surface area contributed by atoms with Gasteiger partial charge in [-0.1, -0.05) is 17.8 Å². The number of hydrogen-bond donors (Lipinski definition) is 1. The number of rotatable bonds is 7. The van der Waals surface area contributed by atoms with E-state index < -0.39 is 10.0 Å². The van der Waals surface area contributed by atoms with Crippen molar-refractivity contribution in [2.45, 2.75) is 5.16 Å². The molecule has 0 atom stereocenters. The van der Waals surface area contributed by atoms with Crippen molar-refractivity contribution in [1.82, 2.24) is 9.55 Å². The van der Waals surface area contributed by atoms with Crippen LogP contribution in [0.4, 0.5) is 10.1 Å². The molecule has 0 aliphatic heterocycles. The molecule has 0 saturated carbocycles. The third kappa shape index (κ3) is 5.18. The predicted octanol–water partition coefficient (Wildman–Crippen LogP) is 3.36. The Morgan fingerprint density at radius 3 is 2.63 bits per heavy atom. The van der Waals surface area contributed by atoms with Crippen molar-refractivity contribution in [2.75, 3.05) is 16.7 Å². The summed E-state index contributed by atoms with van der Waals surface area (Å²) >= 11 is 1.24. The molecule has 0 unspecified atom stereocenters. The van der Waals surface area contributed by atoms with Crippen LogP contribution in [0.15, 0.2) is 66.1 Å². The number of hydrogen-bond acceptors (Lipinski definition) is 5. The molecule has 6 nitrogen and oxygen atoms in total. The van der Waals surface area contributed by atoms with E-state index in [0.29, 0.717) is 22.1 Å². The predicted molar refractivity (Wildman–Crippen MR) is 103 cm³/mol. The second-order valence-corrected chi connectivity index (χ2v) is 8.41. The zero-order chi connectivity index (χ0) is 19.4. The lowest BCUT2D eigenvalue weighted by Gasteiger charge is -2.08. The van der Waals surface area contributed by atoms with Gasteiger partial charge in [-0.05, 0) is 42.5 Å². The van der Waals surface area contributed by atoms with E-state index in [1.165, 1.54) is 36.0 Å². The molecule has 0 radical (unpaired) electrons. The van der Waals surface area contributed by atoms with Gasteiger partial charge in [-0.2, -0.15) is 0 Å². The van der Waals surface area contributed by atoms with Gasteiger partial charge in [-0.25, -0.2) is 17.8 Å². The van der Waals surface area contributed by atoms with E-state index in [1.54, 1.807) is 41.2 Å². The Labute approximate surface area is 160 Å². The van der Waals surface area contributed by atoms with Crippen LogP contribution in [-0.2, 0) is 10.0 Å². The largest absolute Gasteiger partial charge is 0.295 e. The van der Waals surface area contributed by atoms with Crippen molar-refractivity contribution < 1.29 is 17.6 Å². The number of ketones is 1. The fourth-order valence-corrected chi connectivity index (χ4v) is 3.80. The summed E-state index contributed by atoms with van der Waals surface area (Å²) in [5, 5.41) is 0.573. The third-order valence-corrected chi connectivity index (χ3v) is 5.11. The molecule has 0 aliphatic rings. The second kappa shape index (κ2) is 7.93. The van der Waals surface area contributed by atoms with E-state index in [1.807, 2.05) is 0 Å². The van der Waals surface area contributed by atoms with Crippen molar-refractivity contribution in [3.05, 3.63) is 72.3 Å². The molecule has 0 saturated heterocycles. The Balaban J connectivity index is 1.67. The Kier molecular flexibility index (Phi) is 5.62. The van der Waals surface area contributed by atoms with E-state index in [2.05, 4.69) is 9.71 Å². The Morgan fingerprint density at radius 1 is 1.22 bits per heavy atom. The van der Waals surface area contributed by atoms with Gasteiger partial charge in [-0.3, -0.25) is 14.1 Å². The van der Waals surface area contributed by atoms with Crippen LogP contribution in [0.25, 0.3) is 5.69 Å². The normalized spacial score (nSPS) is 11.3. The van der Waals surface area contributed by atoms with Gasteiger partial charge in [0.1, 0.15) is 5.82 Å². The van der Waals surface area contributed by atoms with E-state index in [-0.39, 0.29) is 17.4 Å². The fourth-order valence-electron chi connectivity index (χ4n) is 2.37. The molecule has 0 fully saturated rings. The number of imidazole rings is 1. The molecule has 0 spiro atoms. The number of carbonyl (C=O) groups is 1. The molecule has 1 N–H and O–H groups in total. The number of sulfonamides is 1. The number of thioether (sulfide) groups is 1. The van der Waals surface area contributed by atoms with Gasteiger partial charge in [0.05, 0.1) is 17.7 Å². The maximum atomic E-state index is 13.4. The molecule has 27 heavy (non-hydrogen) atoms. The summed E-state index contributed by atoms with van der Waals surface area (Å²) in [6.45, 7) is 0. The maximum absolute atomic E-state index is 13.4. The SMILES string of the molecule is CS(=O)(=O)Nc1ccc(C(=O)CSc2nccn2-c2cccc(F)c2)cc1. The van der Waals surface area contributed by atoms with Crippen LogP contribution in [0.2, 0.25) is 0 Å². The summed E-state index contributed by atoms with van der Waals surface area (Å²) < 4.78 is 39.9. The van der Waals surface area contributed by atoms with Crippen molar-refractivity contribution in [3.63, 3.8) is 0 Å². The lowest BCUT2D eigenvalue weighted by molar-refractivity contribution is 0.102. The van der Waals surface area contributed by atoms with Crippen LogP contribution in [0.3, 0.4) is 0 Å². The number of Topliss-reactive ketones (excluding diaryl/α,β-unsaturated/α-hetero) is 1. The lowest BCUT2D eigenvalue weighted by Crippen LogP contribution is -2.10. The first-order chi connectivity index (χ1) is 12.8. The quantitative estimate of drug-likeness (QED) is 0.482. The third-order valence-electron chi connectivity index (χ3n) is 3.54. The standard InChI is InChI=1S/C18H16FN3O3S2/c1-27(24,25)21-15-7-5-13(6-8-15)17(23)12-26-18-20-9-10-22(18)16-4-2-3-14(19)11-16/h2-11,21H,12H2,1H3. The van der Waals surface area contributed by atoms with E-state index in [9.17, 15) is 17.6 Å². The van der Waals surface area contributed by atoms with Crippen LogP contribution in [0.5, 0.6) is 0 Å². The van der Waals surface area contributed by atoms with Gasteiger partial charge < -0.3 is 0 Å². The summed E-state index contributed by atoms with van der Waals surface area (Å²) in [7, 11) is -3.36. The number of anilines is 1. The van der Waals surface area contributed by atoms with Gasteiger partial charge in [0, 0.05) is 23.6 Å². The molecule has 1 heterocycles. The van der Waals surface area contributed by atoms with Crippen molar-refractivity contribution >= 4 is 33.3 Å². The first kappa shape index (κ1) is 19.1. The van der Waals surface area contributed by atoms with Gasteiger partial charge in [0.15, 0.2) is 10.9 Å². The molecular weight excluding hydrogens is 389 g/mol. The van der Waals surface area contributed by atoms with E-state index >= 15 is 0 Å². The Bertz CT molecular complexity index is 1060. The molecule has 0 bridgehead atoms. The first-order valence-electron chi connectivity index (χ1n) is 7.85. The van der Waals surface area contributed by atoms with E-state index in [4.69, 9.17) is 0 Å². The van der Waals surface area contributed by atoms with Crippen LogP contribution < -0.4 is 4.72 Å². The Hall–Kier alpha value is -2.65. The van der Waals surface area contributed by atoms with Gasteiger partial charge in [0.2, 0.25) is 10.0 Å². The molecule has 3 aromatic rings. The summed E-state index contributed by atoms with van der Waals surface area (Å²) in [4.78, 5) is 16.6. The lowest BCUT2D eigenvalue weighted by atomic mass is 10.1. The average molecular weight is 405 g/mol. The van der Waals surface area contributed by atoms with Crippen LogP contribution >= 0.6 is 11.8 Å². The zero-order valence-corrected chi connectivity index (χ0v) is 15.9. The summed E-state index contributed by atoms with van der Waals surface area (Å²) in [6.07, 6.45) is 4.35. The van der Waals surface area contributed by atoms with Crippen LogP contribution in [0, 0.1) is 5.82 Å². The summed E-state index contributed by atoms with van der Waals surface area (Å²) in [6, 6.07) is 12.3. The average Bonchev–Trinajstić information content (AvgIpc) is 3.07. The van der Waals surface area contributed by atoms with Gasteiger partial charge in [0.25, 0.3) is 0 Å². The molecule has 3 rings (SSSR count).